The van der Waals surface area contributed by atoms with Crippen molar-refractivity contribution in [1.82, 2.24) is 4.90 Å². The molecule has 0 heterocycles. The SMILES string of the molecule is Nc1ccc(Br)c(CN(CC2CC2)CC2CC2)c1. The van der Waals surface area contributed by atoms with Crippen LogP contribution in [0, 0.1) is 11.8 Å². The highest BCUT2D eigenvalue weighted by Gasteiger charge is 2.29. The van der Waals surface area contributed by atoms with Crippen molar-refractivity contribution < 1.29 is 0 Å². The van der Waals surface area contributed by atoms with E-state index in [4.69, 9.17) is 5.73 Å². The fraction of sp³-hybridized carbons (Fsp3) is 0.600. The molecule has 0 spiro atoms. The zero-order chi connectivity index (χ0) is 12.5. The molecule has 0 bridgehead atoms. The summed E-state index contributed by atoms with van der Waals surface area (Å²) in [6.45, 7) is 3.59. The molecule has 2 aliphatic rings. The molecule has 0 atom stereocenters. The van der Waals surface area contributed by atoms with E-state index in [-0.39, 0.29) is 0 Å². The van der Waals surface area contributed by atoms with Gasteiger partial charge in [-0.1, -0.05) is 15.9 Å². The molecule has 0 radical (unpaired) electrons. The summed E-state index contributed by atoms with van der Waals surface area (Å²) in [6, 6.07) is 6.13. The molecule has 0 saturated heterocycles. The van der Waals surface area contributed by atoms with Gasteiger partial charge in [0.25, 0.3) is 0 Å². The first-order valence-electron chi connectivity index (χ1n) is 6.97. The molecule has 2 fully saturated rings. The summed E-state index contributed by atoms with van der Waals surface area (Å²) in [4.78, 5) is 2.63. The van der Waals surface area contributed by atoms with E-state index in [0.717, 1.165) is 24.1 Å². The number of hydrogen-bond donors (Lipinski definition) is 1. The van der Waals surface area contributed by atoms with E-state index in [1.165, 1.54) is 48.8 Å². The summed E-state index contributed by atoms with van der Waals surface area (Å²) in [5.41, 5.74) is 8.09. The van der Waals surface area contributed by atoms with E-state index in [1.807, 2.05) is 6.07 Å². The Morgan fingerprint density at radius 3 is 2.28 bits per heavy atom. The normalized spacial score (nSPS) is 19.4. The Morgan fingerprint density at radius 2 is 1.72 bits per heavy atom. The summed E-state index contributed by atoms with van der Waals surface area (Å²) < 4.78 is 1.19. The molecule has 2 nitrogen and oxygen atoms in total. The van der Waals surface area contributed by atoms with Crippen LogP contribution in [0.15, 0.2) is 22.7 Å². The minimum atomic E-state index is 0.867. The molecule has 3 rings (SSSR count). The summed E-state index contributed by atoms with van der Waals surface area (Å²) in [7, 11) is 0. The molecule has 1 aromatic carbocycles. The Kier molecular flexibility index (Phi) is 3.62. The first kappa shape index (κ1) is 12.5. The lowest BCUT2D eigenvalue weighted by molar-refractivity contribution is 0.244. The lowest BCUT2D eigenvalue weighted by Gasteiger charge is -2.23. The maximum atomic E-state index is 5.89. The van der Waals surface area contributed by atoms with Crippen molar-refractivity contribution >= 4 is 21.6 Å². The van der Waals surface area contributed by atoms with Crippen molar-refractivity contribution in [3.05, 3.63) is 28.2 Å². The second-order valence-electron chi connectivity index (χ2n) is 5.93. The van der Waals surface area contributed by atoms with Gasteiger partial charge in [0.15, 0.2) is 0 Å². The molecule has 2 N–H and O–H groups in total. The molecule has 0 aliphatic heterocycles. The van der Waals surface area contributed by atoms with Crippen LogP contribution >= 0.6 is 15.9 Å². The van der Waals surface area contributed by atoms with E-state index in [9.17, 15) is 0 Å². The predicted octanol–water partition coefficient (Wildman–Crippen LogP) is 3.65. The van der Waals surface area contributed by atoms with Crippen LogP contribution < -0.4 is 5.73 Å². The van der Waals surface area contributed by atoms with Gasteiger partial charge in [0, 0.05) is 29.8 Å². The molecule has 98 valence electrons. The van der Waals surface area contributed by atoms with Gasteiger partial charge in [-0.15, -0.1) is 0 Å². The maximum Gasteiger partial charge on any atom is 0.0318 e. The first-order valence-corrected chi connectivity index (χ1v) is 7.76. The van der Waals surface area contributed by atoms with E-state index >= 15 is 0 Å². The van der Waals surface area contributed by atoms with Gasteiger partial charge < -0.3 is 5.73 Å². The molecular formula is C15H21BrN2. The topological polar surface area (TPSA) is 29.3 Å². The van der Waals surface area contributed by atoms with Crippen molar-refractivity contribution in [3.8, 4) is 0 Å². The highest BCUT2D eigenvalue weighted by molar-refractivity contribution is 9.10. The second kappa shape index (κ2) is 5.22. The Hall–Kier alpha value is -0.540. The van der Waals surface area contributed by atoms with Crippen LogP contribution in [0.3, 0.4) is 0 Å². The Morgan fingerprint density at radius 1 is 1.11 bits per heavy atom. The van der Waals surface area contributed by atoms with Gasteiger partial charge in [0.1, 0.15) is 0 Å². The zero-order valence-electron chi connectivity index (χ0n) is 10.7. The zero-order valence-corrected chi connectivity index (χ0v) is 12.3. The van der Waals surface area contributed by atoms with Crippen molar-refractivity contribution in [2.24, 2.45) is 11.8 Å². The molecule has 3 heteroatoms. The molecule has 2 aliphatic carbocycles. The summed E-state index contributed by atoms with van der Waals surface area (Å²) in [5, 5.41) is 0. The number of rotatable bonds is 6. The largest absolute Gasteiger partial charge is 0.399 e. The van der Waals surface area contributed by atoms with Crippen LogP contribution in [0.1, 0.15) is 31.2 Å². The maximum absolute atomic E-state index is 5.89. The third-order valence-corrected chi connectivity index (χ3v) is 4.66. The van der Waals surface area contributed by atoms with Crippen LogP contribution in [0.2, 0.25) is 0 Å². The summed E-state index contributed by atoms with van der Waals surface area (Å²) >= 11 is 3.64. The molecule has 2 saturated carbocycles. The number of nitrogens with two attached hydrogens (primary N) is 1. The van der Waals surface area contributed by atoms with Crippen molar-refractivity contribution in [1.29, 1.82) is 0 Å². The first-order chi connectivity index (χ1) is 8.70. The number of nitrogen functional groups attached to an aromatic ring is 1. The standard InChI is InChI=1S/C15H21BrN2/c16-15-6-5-14(17)7-13(15)10-18(8-11-1-2-11)9-12-3-4-12/h5-7,11-12H,1-4,8-10,17H2. The van der Waals surface area contributed by atoms with Gasteiger partial charge >= 0.3 is 0 Å². The number of nitrogens with zero attached hydrogens (tertiary/aromatic N) is 1. The Bertz CT molecular complexity index is 411. The molecule has 0 amide bonds. The third kappa shape index (κ3) is 3.48. The van der Waals surface area contributed by atoms with Gasteiger partial charge in [-0.05, 0) is 61.3 Å². The minimum Gasteiger partial charge on any atom is -0.399 e. The third-order valence-electron chi connectivity index (χ3n) is 3.89. The average molecular weight is 309 g/mol. The molecule has 0 aromatic heterocycles. The summed E-state index contributed by atoms with van der Waals surface area (Å²) in [5.74, 6) is 1.92. The van der Waals surface area contributed by atoms with E-state index in [1.54, 1.807) is 0 Å². The highest BCUT2D eigenvalue weighted by Crippen LogP contribution is 2.34. The van der Waals surface area contributed by atoms with Crippen LogP contribution in [0.25, 0.3) is 0 Å². The average Bonchev–Trinajstić information content (AvgIpc) is 3.19. The fourth-order valence-corrected chi connectivity index (χ4v) is 2.86. The van der Waals surface area contributed by atoms with Gasteiger partial charge in [-0.2, -0.15) is 0 Å². The van der Waals surface area contributed by atoms with Crippen LogP contribution in [-0.4, -0.2) is 18.0 Å². The lowest BCUT2D eigenvalue weighted by Crippen LogP contribution is -2.28. The number of anilines is 1. The highest BCUT2D eigenvalue weighted by atomic mass is 79.9. The van der Waals surface area contributed by atoms with Crippen LogP contribution in [0.5, 0.6) is 0 Å². The van der Waals surface area contributed by atoms with E-state index in [0.29, 0.717) is 0 Å². The van der Waals surface area contributed by atoms with Crippen LogP contribution in [0.4, 0.5) is 5.69 Å². The van der Waals surface area contributed by atoms with Gasteiger partial charge in [-0.25, -0.2) is 0 Å². The minimum absolute atomic E-state index is 0.867. The van der Waals surface area contributed by atoms with Gasteiger partial charge in [0.2, 0.25) is 0 Å². The van der Waals surface area contributed by atoms with Gasteiger partial charge in [0.05, 0.1) is 0 Å². The lowest BCUT2D eigenvalue weighted by atomic mass is 10.1. The van der Waals surface area contributed by atoms with E-state index < -0.39 is 0 Å². The smallest absolute Gasteiger partial charge is 0.0318 e. The number of halogens is 1. The molecular weight excluding hydrogens is 288 g/mol. The van der Waals surface area contributed by atoms with Crippen molar-refractivity contribution in [2.45, 2.75) is 32.2 Å². The number of benzene rings is 1. The van der Waals surface area contributed by atoms with Crippen LogP contribution in [-0.2, 0) is 6.54 Å². The second-order valence-corrected chi connectivity index (χ2v) is 6.79. The van der Waals surface area contributed by atoms with Crippen molar-refractivity contribution in [2.75, 3.05) is 18.8 Å². The fourth-order valence-electron chi connectivity index (χ4n) is 2.49. The monoisotopic (exact) mass is 308 g/mol. The molecule has 1 aromatic rings. The van der Waals surface area contributed by atoms with Crippen molar-refractivity contribution in [3.63, 3.8) is 0 Å². The Labute approximate surface area is 118 Å². The quantitative estimate of drug-likeness (QED) is 0.813. The molecule has 0 unspecified atom stereocenters. The number of hydrogen-bond acceptors (Lipinski definition) is 2. The van der Waals surface area contributed by atoms with Gasteiger partial charge in [-0.3, -0.25) is 4.90 Å². The molecule has 18 heavy (non-hydrogen) atoms. The Balaban J connectivity index is 1.66. The van der Waals surface area contributed by atoms with E-state index in [2.05, 4.69) is 33.0 Å². The summed E-state index contributed by atoms with van der Waals surface area (Å²) in [6.07, 6.45) is 5.72. The predicted molar refractivity (Wildman–Crippen MR) is 79.3 cm³/mol.